The zero-order chi connectivity index (χ0) is 12.1. The van der Waals surface area contributed by atoms with Crippen molar-refractivity contribution in [2.45, 2.75) is 25.7 Å². The van der Waals surface area contributed by atoms with Gasteiger partial charge in [0.05, 0.1) is 19.3 Å². The van der Waals surface area contributed by atoms with Crippen molar-refractivity contribution in [2.75, 3.05) is 13.7 Å². The van der Waals surface area contributed by atoms with Crippen LogP contribution in [-0.4, -0.2) is 20.0 Å². The van der Waals surface area contributed by atoms with E-state index in [1.54, 1.807) is 19.2 Å². The van der Waals surface area contributed by atoms with E-state index in [9.17, 15) is 4.79 Å². The molecule has 0 aromatic heterocycles. The van der Waals surface area contributed by atoms with Crippen molar-refractivity contribution in [1.82, 2.24) is 0 Å². The van der Waals surface area contributed by atoms with Crippen LogP contribution in [0.5, 0.6) is 11.5 Å². The van der Waals surface area contributed by atoms with Crippen LogP contribution in [0.2, 0.25) is 0 Å². The van der Waals surface area contributed by atoms with Gasteiger partial charge in [0.15, 0.2) is 17.8 Å². The lowest BCUT2D eigenvalue weighted by atomic mass is 10.1. The Hall–Kier alpha value is -1.51. The smallest absolute Gasteiger partial charge is 0.171 e. The molecular formula is C14H18O3. The average Bonchev–Trinajstić information content (AvgIpc) is 2.88. The number of aldehydes is 1. The number of carbonyl (C=O) groups is 1. The zero-order valence-electron chi connectivity index (χ0n) is 10.1. The first-order chi connectivity index (χ1) is 8.35. The fourth-order valence-corrected chi connectivity index (χ4v) is 2.32. The molecule has 3 heteroatoms. The minimum Gasteiger partial charge on any atom is -0.493 e. The summed E-state index contributed by atoms with van der Waals surface area (Å²) in [7, 11) is 1.59. The van der Waals surface area contributed by atoms with E-state index in [1.165, 1.54) is 25.7 Å². The number of benzene rings is 1. The third kappa shape index (κ3) is 2.78. The molecule has 0 N–H and O–H groups in total. The molecule has 0 heterocycles. The number of ether oxygens (including phenoxy) is 2. The fraction of sp³-hybridized carbons (Fsp3) is 0.500. The average molecular weight is 234 g/mol. The van der Waals surface area contributed by atoms with Crippen molar-refractivity contribution in [1.29, 1.82) is 0 Å². The van der Waals surface area contributed by atoms with E-state index >= 15 is 0 Å². The molecule has 0 atom stereocenters. The number of carbonyl (C=O) groups excluding carboxylic acids is 1. The molecule has 0 spiro atoms. The quantitative estimate of drug-likeness (QED) is 0.734. The van der Waals surface area contributed by atoms with Crippen LogP contribution in [0.4, 0.5) is 0 Å². The van der Waals surface area contributed by atoms with Crippen LogP contribution in [0.25, 0.3) is 0 Å². The van der Waals surface area contributed by atoms with Crippen LogP contribution >= 0.6 is 0 Å². The van der Waals surface area contributed by atoms with Gasteiger partial charge in [-0.3, -0.25) is 4.79 Å². The third-order valence-electron chi connectivity index (χ3n) is 3.29. The summed E-state index contributed by atoms with van der Waals surface area (Å²) in [6, 6.07) is 5.36. The first-order valence-corrected chi connectivity index (χ1v) is 6.10. The Morgan fingerprint density at radius 3 is 2.76 bits per heavy atom. The van der Waals surface area contributed by atoms with E-state index in [-0.39, 0.29) is 0 Å². The predicted molar refractivity (Wildman–Crippen MR) is 65.8 cm³/mol. The van der Waals surface area contributed by atoms with E-state index in [0.29, 0.717) is 29.6 Å². The van der Waals surface area contributed by atoms with Gasteiger partial charge < -0.3 is 9.47 Å². The number of methoxy groups -OCH3 is 1. The first-order valence-electron chi connectivity index (χ1n) is 6.10. The molecule has 0 saturated heterocycles. The molecule has 0 radical (unpaired) electrons. The Bertz CT molecular complexity index is 381. The molecule has 1 saturated carbocycles. The van der Waals surface area contributed by atoms with E-state index in [0.717, 1.165) is 6.29 Å². The number of hydrogen-bond donors (Lipinski definition) is 0. The van der Waals surface area contributed by atoms with Gasteiger partial charge in [-0.05, 0) is 30.9 Å². The van der Waals surface area contributed by atoms with Crippen LogP contribution < -0.4 is 9.47 Å². The highest BCUT2D eigenvalue weighted by Gasteiger charge is 2.17. The van der Waals surface area contributed by atoms with Gasteiger partial charge >= 0.3 is 0 Å². The second kappa shape index (κ2) is 5.71. The number of para-hydroxylation sites is 1. The summed E-state index contributed by atoms with van der Waals surface area (Å²) in [6.45, 7) is 0.682. The normalized spacial score (nSPS) is 15.8. The highest BCUT2D eigenvalue weighted by atomic mass is 16.5. The van der Waals surface area contributed by atoms with Crippen molar-refractivity contribution < 1.29 is 14.3 Å². The molecule has 1 fully saturated rings. The highest BCUT2D eigenvalue weighted by Crippen LogP contribution is 2.32. The van der Waals surface area contributed by atoms with Gasteiger partial charge in [-0.2, -0.15) is 0 Å². The highest BCUT2D eigenvalue weighted by molar-refractivity contribution is 5.81. The van der Waals surface area contributed by atoms with Crippen molar-refractivity contribution in [2.24, 2.45) is 5.92 Å². The van der Waals surface area contributed by atoms with Gasteiger partial charge in [0, 0.05) is 0 Å². The first kappa shape index (κ1) is 12.0. The topological polar surface area (TPSA) is 35.5 Å². The molecule has 1 aromatic rings. The molecule has 0 bridgehead atoms. The maximum absolute atomic E-state index is 11.0. The summed E-state index contributed by atoms with van der Waals surface area (Å²) in [5, 5.41) is 0. The third-order valence-corrected chi connectivity index (χ3v) is 3.29. The molecule has 1 aromatic carbocycles. The predicted octanol–water partition coefficient (Wildman–Crippen LogP) is 3.08. The molecule has 0 aliphatic heterocycles. The van der Waals surface area contributed by atoms with Crippen molar-refractivity contribution in [3.05, 3.63) is 23.8 Å². The van der Waals surface area contributed by atoms with Gasteiger partial charge in [0.25, 0.3) is 0 Å². The van der Waals surface area contributed by atoms with Crippen LogP contribution in [-0.2, 0) is 0 Å². The van der Waals surface area contributed by atoms with Crippen molar-refractivity contribution >= 4 is 6.29 Å². The maximum atomic E-state index is 11.0. The van der Waals surface area contributed by atoms with Crippen molar-refractivity contribution in [3.63, 3.8) is 0 Å². The molecule has 2 rings (SSSR count). The largest absolute Gasteiger partial charge is 0.493 e. The zero-order valence-corrected chi connectivity index (χ0v) is 10.1. The van der Waals surface area contributed by atoms with E-state index in [1.807, 2.05) is 6.07 Å². The van der Waals surface area contributed by atoms with Gasteiger partial charge in [-0.25, -0.2) is 0 Å². The summed E-state index contributed by atoms with van der Waals surface area (Å²) < 4.78 is 11.0. The molecule has 17 heavy (non-hydrogen) atoms. The second-order valence-electron chi connectivity index (χ2n) is 4.46. The molecule has 1 aliphatic carbocycles. The van der Waals surface area contributed by atoms with Crippen LogP contribution in [0.1, 0.15) is 36.0 Å². The Morgan fingerprint density at radius 2 is 2.12 bits per heavy atom. The van der Waals surface area contributed by atoms with Gasteiger partial charge in [0.2, 0.25) is 0 Å². The molecule has 92 valence electrons. The minimum absolute atomic E-state index is 0.558. The van der Waals surface area contributed by atoms with Gasteiger partial charge in [0.1, 0.15) is 0 Å². The molecular weight excluding hydrogens is 216 g/mol. The maximum Gasteiger partial charge on any atom is 0.171 e. The lowest BCUT2D eigenvalue weighted by Gasteiger charge is -2.15. The number of hydrogen-bond acceptors (Lipinski definition) is 3. The summed E-state index contributed by atoms with van der Waals surface area (Å²) in [6.07, 6.45) is 5.85. The second-order valence-corrected chi connectivity index (χ2v) is 4.46. The van der Waals surface area contributed by atoms with Crippen LogP contribution in [0, 0.1) is 5.92 Å². The standard InChI is InChI=1S/C14H18O3/c1-16-13-8-4-7-12(9-15)14(13)17-10-11-5-2-3-6-11/h4,7-9,11H,2-3,5-6,10H2,1H3. The summed E-state index contributed by atoms with van der Waals surface area (Å²) in [5.41, 5.74) is 0.558. The fourth-order valence-electron chi connectivity index (χ4n) is 2.32. The Balaban J connectivity index is 2.09. The monoisotopic (exact) mass is 234 g/mol. The van der Waals surface area contributed by atoms with Crippen LogP contribution in [0.15, 0.2) is 18.2 Å². The molecule has 0 amide bonds. The SMILES string of the molecule is COc1cccc(C=O)c1OCC1CCCC1. The molecule has 1 aliphatic rings. The van der Waals surface area contributed by atoms with Crippen LogP contribution in [0.3, 0.4) is 0 Å². The number of rotatable bonds is 5. The summed E-state index contributed by atoms with van der Waals surface area (Å²) in [4.78, 5) is 11.0. The lowest BCUT2D eigenvalue weighted by molar-refractivity contribution is 0.111. The van der Waals surface area contributed by atoms with E-state index in [2.05, 4.69) is 0 Å². The summed E-state index contributed by atoms with van der Waals surface area (Å²) in [5.74, 6) is 1.84. The Labute approximate surface area is 102 Å². The lowest BCUT2D eigenvalue weighted by Crippen LogP contribution is -2.10. The van der Waals surface area contributed by atoms with Gasteiger partial charge in [-0.1, -0.05) is 18.9 Å². The van der Waals surface area contributed by atoms with E-state index < -0.39 is 0 Å². The van der Waals surface area contributed by atoms with Gasteiger partial charge in [-0.15, -0.1) is 0 Å². The Morgan fingerprint density at radius 1 is 1.35 bits per heavy atom. The Kier molecular flexibility index (Phi) is 4.02. The molecule has 3 nitrogen and oxygen atoms in total. The summed E-state index contributed by atoms with van der Waals surface area (Å²) >= 11 is 0. The van der Waals surface area contributed by atoms with E-state index in [4.69, 9.17) is 9.47 Å². The van der Waals surface area contributed by atoms with Crippen molar-refractivity contribution in [3.8, 4) is 11.5 Å². The minimum atomic E-state index is 0.558. The molecule has 0 unspecified atom stereocenters.